The molecule has 0 saturated carbocycles. The molecule has 0 aromatic heterocycles. The standard InChI is InChI=1S/C21H24N2O3/c1-25-17-7-4-6-16(12-17)13-23-11-5-10-21(15-23)14-22-20(24)18-8-2-3-9-19(18)26-21/h2-4,6-9,12H,5,10-11,13-15H2,1H3,(H,22,24)/t21-/m1/s1. The van der Waals surface area contributed by atoms with Crippen LogP contribution in [0.4, 0.5) is 0 Å². The molecule has 2 aromatic rings. The van der Waals surface area contributed by atoms with Gasteiger partial charge in [0.1, 0.15) is 17.1 Å². The molecule has 1 atom stereocenters. The first kappa shape index (κ1) is 16.9. The molecular weight excluding hydrogens is 328 g/mol. The third-order valence-corrected chi connectivity index (χ3v) is 5.19. The molecule has 136 valence electrons. The molecule has 5 heteroatoms. The van der Waals surface area contributed by atoms with Crippen LogP contribution in [0.3, 0.4) is 0 Å². The molecule has 1 fully saturated rings. The number of carbonyl (C=O) groups excluding carboxylic acids is 1. The minimum absolute atomic E-state index is 0.0533. The minimum Gasteiger partial charge on any atom is -0.497 e. The quantitative estimate of drug-likeness (QED) is 0.923. The Bertz CT molecular complexity index is 807. The molecule has 2 aliphatic rings. The van der Waals surface area contributed by atoms with E-state index in [9.17, 15) is 4.79 Å². The molecule has 0 bridgehead atoms. The molecule has 0 aliphatic carbocycles. The van der Waals surface area contributed by atoms with Crippen LogP contribution in [0.25, 0.3) is 0 Å². The van der Waals surface area contributed by atoms with E-state index in [1.165, 1.54) is 5.56 Å². The van der Waals surface area contributed by atoms with Gasteiger partial charge < -0.3 is 14.8 Å². The van der Waals surface area contributed by atoms with Crippen LogP contribution in [-0.2, 0) is 6.54 Å². The van der Waals surface area contributed by atoms with E-state index in [2.05, 4.69) is 22.3 Å². The molecule has 1 saturated heterocycles. The van der Waals surface area contributed by atoms with E-state index in [-0.39, 0.29) is 11.5 Å². The highest BCUT2D eigenvalue weighted by molar-refractivity contribution is 5.97. The Morgan fingerprint density at radius 3 is 3.00 bits per heavy atom. The monoisotopic (exact) mass is 352 g/mol. The summed E-state index contributed by atoms with van der Waals surface area (Å²) in [5.74, 6) is 1.51. The van der Waals surface area contributed by atoms with Crippen LogP contribution in [0.1, 0.15) is 28.8 Å². The SMILES string of the molecule is COc1cccc(CN2CCC[C@@]3(CNC(=O)c4ccccc4O3)C2)c1. The number of hydrogen-bond acceptors (Lipinski definition) is 4. The Kier molecular flexibility index (Phi) is 4.55. The van der Waals surface area contributed by atoms with Crippen LogP contribution in [0.2, 0.25) is 0 Å². The smallest absolute Gasteiger partial charge is 0.255 e. The molecule has 26 heavy (non-hydrogen) atoms. The Balaban J connectivity index is 1.53. The third kappa shape index (κ3) is 3.40. The van der Waals surface area contributed by atoms with Gasteiger partial charge in [0.15, 0.2) is 0 Å². The van der Waals surface area contributed by atoms with Crippen molar-refractivity contribution >= 4 is 5.91 Å². The Morgan fingerprint density at radius 1 is 1.23 bits per heavy atom. The third-order valence-electron chi connectivity index (χ3n) is 5.19. The zero-order chi connectivity index (χ0) is 18.0. The number of likely N-dealkylation sites (tertiary alicyclic amines) is 1. The fraction of sp³-hybridized carbons (Fsp3) is 0.381. The predicted molar refractivity (Wildman–Crippen MR) is 99.6 cm³/mol. The fourth-order valence-corrected chi connectivity index (χ4v) is 3.93. The van der Waals surface area contributed by atoms with Crippen molar-refractivity contribution in [1.82, 2.24) is 10.2 Å². The summed E-state index contributed by atoms with van der Waals surface area (Å²) in [6.45, 7) is 3.20. The summed E-state index contributed by atoms with van der Waals surface area (Å²) in [4.78, 5) is 14.8. The topological polar surface area (TPSA) is 50.8 Å². The maximum absolute atomic E-state index is 12.4. The number of ether oxygens (including phenoxy) is 2. The summed E-state index contributed by atoms with van der Waals surface area (Å²) in [6, 6.07) is 15.7. The molecule has 5 nitrogen and oxygen atoms in total. The predicted octanol–water partition coefficient (Wildman–Crippen LogP) is 2.85. The summed E-state index contributed by atoms with van der Waals surface area (Å²) in [5.41, 5.74) is 1.47. The van der Waals surface area contributed by atoms with Crippen molar-refractivity contribution in [3.05, 3.63) is 59.7 Å². The van der Waals surface area contributed by atoms with Crippen molar-refractivity contribution in [2.75, 3.05) is 26.7 Å². The second-order valence-electron chi connectivity index (χ2n) is 7.13. The normalized spacial score (nSPS) is 22.9. The number of amides is 1. The lowest BCUT2D eigenvalue weighted by atomic mass is 9.92. The lowest BCUT2D eigenvalue weighted by Crippen LogP contribution is -2.56. The number of nitrogens with zero attached hydrogens (tertiary/aromatic N) is 1. The van der Waals surface area contributed by atoms with Gasteiger partial charge in [-0.1, -0.05) is 24.3 Å². The zero-order valence-electron chi connectivity index (χ0n) is 15.0. The number of nitrogens with one attached hydrogen (secondary N) is 1. The van der Waals surface area contributed by atoms with E-state index < -0.39 is 0 Å². The average Bonchev–Trinajstić information content (AvgIpc) is 2.79. The summed E-state index contributed by atoms with van der Waals surface area (Å²) in [6.07, 6.45) is 1.98. The molecular formula is C21H24N2O3. The van der Waals surface area contributed by atoms with Gasteiger partial charge >= 0.3 is 0 Å². The highest BCUT2D eigenvalue weighted by atomic mass is 16.5. The molecule has 2 heterocycles. The molecule has 1 N–H and O–H groups in total. The van der Waals surface area contributed by atoms with Crippen molar-refractivity contribution in [3.63, 3.8) is 0 Å². The van der Waals surface area contributed by atoms with Gasteiger partial charge in [-0.25, -0.2) is 0 Å². The van der Waals surface area contributed by atoms with Crippen LogP contribution in [-0.4, -0.2) is 43.2 Å². The van der Waals surface area contributed by atoms with Crippen LogP contribution >= 0.6 is 0 Å². The molecule has 2 aliphatic heterocycles. The van der Waals surface area contributed by atoms with Gasteiger partial charge in [-0.2, -0.15) is 0 Å². The van der Waals surface area contributed by atoms with Gasteiger partial charge in [0.05, 0.1) is 19.2 Å². The van der Waals surface area contributed by atoms with E-state index >= 15 is 0 Å². The van der Waals surface area contributed by atoms with Crippen LogP contribution in [0, 0.1) is 0 Å². The van der Waals surface area contributed by atoms with Crippen molar-refractivity contribution in [3.8, 4) is 11.5 Å². The number of hydrogen-bond donors (Lipinski definition) is 1. The number of methoxy groups -OCH3 is 1. The number of para-hydroxylation sites is 1. The van der Waals surface area contributed by atoms with E-state index in [1.807, 2.05) is 36.4 Å². The first-order valence-electron chi connectivity index (χ1n) is 9.09. The summed E-state index contributed by atoms with van der Waals surface area (Å²) >= 11 is 0. The maximum atomic E-state index is 12.4. The summed E-state index contributed by atoms with van der Waals surface area (Å²) < 4.78 is 11.7. The molecule has 1 amide bonds. The van der Waals surface area contributed by atoms with Gasteiger partial charge in [-0.05, 0) is 49.2 Å². The lowest BCUT2D eigenvalue weighted by Gasteiger charge is -2.42. The largest absolute Gasteiger partial charge is 0.497 e. The van der Waals surface area contributed by atoms with E-state index in [0.717, 1.165) is 38.2 Å². The van der Waals surface area contributed by atoms with Crippen LogP contribution in [0.5, 0.6) is 11.5 Å². The Hall–Kier alpha value is -2.53. The lowest BCUT2D eigenvalue weighted by molar-refractivity contribution is -0.00705. The number of carbonyl (C=O) groups is 1. The first-order chi connectivity index (χ1) is 12.7. The van der Waals surface area contributed by atoms with Crippen molar-refractivity contribution in [2.24, 2.45) is 0 Å². The molecule has 0 radical (unpaired) electrons. The van der Waals surface area contributed by atoms with Gasteiger partial charge in [0, 0.05) is 13.1 Å². The summed E-state index contributed by atoms with van der Waals surface area (Å²) in [5, 5.41) is 3.05. The first-order valence-corrected chi connectivity index (χ1v) is 9.09. The Morgan fingerprint density at radius 2 is 2.12 bits per heavy atom. The van der Waals surface area contributed by atoms with Gasteiger partial charge in [-0.15, -0.1) is 0 Å². The van der Waals surface area contributed by atoms with Crippen molar-refractivity contribution in [2.45, 2.75) is 25.0 Å². The van der Waals surface area contributed by atoms with Crippen LogP contribution < -0.4 is 14.8 Å². The molecule has 4 rings (SSSR count). The van der Waals surface area contributed by atoms with E-state index in [0.29, 0.717) is 17.9 Å². The van der Waals surface area contributed by atoms with Gasteiger partial charge in [0.2, 0.25) is 0 Å². The number of rotatable bonds is 3. The van der Waals surface area contributed by atoms with E-state index in [1.54, 1.807) is 7.11 Å². The fourth-order valence-electron chi connectivity index (χ4n) is 3.93. The minimum atomic E-state index is -0.376. The average molecular weight is 352 g/mol. The zero-order valence-corrected chi connectivity index (χ0v) is 15.0. The number of piperidine rings is 1. The summed E-state index contributed by atoms with van der Waals surface area (Å²) in [7, 11) is 1.69. The van der Waals surface area contributed by atoms with Gasteiger partial charge in [0.25, 0.3) is 5.91 Å². The maximum Gasteiger partial charge on any atom is 0.255 e. The number of fused-ring (bicyclic) bond motifs is 1. The highest BCUT2D eigenvalue weighted by Crippen LogP contribution is 2.32. The molecule has 0 unspecified atom stereocenters. The number of benzene rings is 2. The van der Waals surface area contributed by atoms with E-state index in [4.69, 9.17) is 9.47 Å². The van der Waals surface area contributed by atoms with Gasteiger partial charge in [-0.3, -0.25) is 9.69 Å². The van der Waals surface area contributed by atoms with Crippen LogP contribution in [0.15, 0.2) is 48.5 Å². The Labute approximate surface area is 153 Å². The molecule has 1 spiro atoms. The highest BCUT2D eigenvalue weighted by Gasteiger charge is 2.40. The molecule has 2 aromatic carbocycles. The second-order valence-corrected chi connectivity index (χ2v) is 7.13. The second kappa shape index (κ2) is 7.00. The van der Waals surface area contributed by atoms with Crippen molar-refractivity contribution < 1.29 is 14.3 Å². The van der Waals surface area contributed by atoms with Crippen molar-refractivity contribution in [1.29, 1.82) is 0 Å².